The average Bonchev–Trinajstić information content (AvgIpc) is 2.88. The standard InChI is InChI=1S/C21H22ClN3O2S/c1-12-5-7-16(10-13(12)2)23-21-25(4)20(27)18(28-21)11-19(26)24-17-8-6-15(22)9-14(17)3/h5-10,18H,11H2,1-4H3,(H,24,26). The predicted molar refractivity (Wildman–Crippen MR) is 117 cm³/mol. The Labute approximate surface area is 174 Å². The summed E-state index contributed by atoms with van der Waals surface area (Å²) in [5.74, 6) is -0.326. The zero-order chi connectivity index (χ0) is 20.4. The number of nitrogens with one attached hydrogen (secondary N) is 1. The highest BCUT2D eigenvalue weighted by Crippen LogP contribution is 2.31. The van der Waals surface area contributed by atoms with E-state index in [-0.39, 0.29) is 18.2 Å². The van der Waals surface area contributed by atoms with Crippen molar-refractivity contribution in [3.05, 3.63) is 58.1 Å². The first-order chi connectivity index (χ1) is 13.2. The molecule has 1 N–H and O–H groups in total. The van der Waals surface area contributed by atoms with Gasteiger partial charge in [0.25, 0.3) is 0 Å². The number of halogens is 1. The van der Waals surface area contributed by atoms with E-state index < -0.39 is 5.25 Å². The van der Waals surface area contributed by atoms with Crippen molar-refractivity contribution >= 4 is 51.7 Å². The van der Waals surface area contributed by atoms with Crippen molar-refractivity contribution in [2.24, 2.45) is 4.99 Å². The molecule has 1 saturated heterocycles. The number of carbonyl (C=O) groups excluding carboxylic acids is 2. The van der Waals surface area contributed by atoms with E-state index in [0.717, 1.165) is 16.8 Å². The summed E-state index contributed by atoms with van der Waals surface area (Å²) in [6.07, 6.45) is 0.0852. The highest BCUT2D eigenvalue weighted by Gasteiger charge is 2.37. The molecule has 1 atom stereocenters. The molecule has 2 amide bonds. The summed E-state index contributed by atoms with van der Waals surface area (Å²) in [6, 6.07) is 11.2. The van der Waals surface area contributed by atoms with Gasteiger partial charge in [-0.1, -0.05) is 29.4 Å². The lowest BCUT2D eigenvalue weighted by atomic mass is 10.1. The normalized spacial score (nSPS) is 18.0. The number of rotatable bonds is 4. The van der Waals surface area contributed by atoms with Crippen LogP contribution < -0.4 is 5.32 Å². The van der Waals surface area contributed by atoms with E-state index in [2.05, 4.69) is 10.3 Å². The third kappa shape index (κ3) is 4.56. The van der Waals surface area contributed by atoms with Crippen molar-refractivity contribution in [2.75, 3.05) is 12.4 Å². The van der Waals surface area contributed by atoms with Crippen LogP contribution in [0.1, 0.15) is 23.1 Å². The van der Waals surface area contributed by atoms with E-state index in [1.165, 1.54) is 22.2 Å². The average molecular weight is 416 g/mol. The molecular formula is C21H22ClN3O2S. The number of aryl methyl sites for hydroxylation is 3. The second-order valence-electron chi connectivity index (χ2n) is 6.88. The van der Waals surface area contributed by atoms with Gasteiger partial charge < -0.3 is 5.32 Å². The number of thioether (sulfide) groups is 1. The van der Waals surface area contributed by atoms with E-state index in [9.17, 15) is 9.59 Å². The summed E-state index contributed by atoms with van der Waals surface area (Å²) >= 11 is 7.27. The summed E-state index contributed by atoms with van der Waals surface area (Å²) in [5.41, 5.74) is 4.71. The van der Waals surface area contributed by atoms with Crippen LogP contribution in [0.3, 0.4) is 0 Å². The van der Waals surface area contributed by atoms with Crippen LogP contribution in [-0.4, -0.2) is 34.2 Å². The SMILES string of the molecule is Cc1ccc(N=C2SC(CC(=O)Nc3ccc(Cl)cc3C)C(=O)N2C)cc1C. The minimum absolute atomic E-state index is 0.0852. The Morgan fingerprint density at radius 3 is 2.57 bits per heavy atom. The van der Waals surface area contributed by atoms with Crippen LogP contribution >= 0.6 is 23.4 Å². The van der Waals surface area contributed by atoms with Gasteiger partial charge in [0.1, 0.15) is 5.25 Å². The van der Waals surface area contributed by atoms with Gasteiger partial charge in [-0.3, -0.25) is 14.5 Å². The van der Waals surface area contributed by atoms with Gasteiger partial charge in [0.2, 0.25) is 11.8 Å². The minimum atomic E-state index is -0.483. The van der Waals surface area contributed by atoms with Crippen molar-refractivity contribution in [3.8, 4) is 0 Å². The Kier molecular flexibility index (Phi) is 6.10. The first kappa shape index (κ1) is 20.4. The molecule has 1 aliphatic rings. The first-order valence-electron chi connectivity index (χ1n) is 8.91. The number of hydrogen-bond acceptors (Lipinski definition) is 4. The molecule has 0 bridgehead atoms. The molecule has 7 heteroatoms. The highest BCUT2D eigenvalue weighted by atomic mass is 35.5. The summed E-state index contributed by atoms with van der Waals surface area (Å²) in [6.45, 7) is 5.95. The van der Waals surface area contributed by atoms with Gasteiger partial charge >= 0.3 is 0 Å². The topological polar surface area (TPSA) is 61.8 Å². The molecule has 5 nitrogen and oxygen atoms in total. The fourth-order valence-electron chi connectivity index (χ4n) is 2.84. The highest BCUT2D eigenvalue weighted by molar-refractivity contribution is 8.15. The van der Waals surface area contributed by atoms with Crippen LogP contribution in [-0.2, 0) is 9.59 Å². The molecule has 1 heterocycles. The maximum atomic E-state index is 12.6. The largest absolute Gasteiger partial charge is 0.326 e. The number of aliphatic imine (C=N–C) groups is 1. The molecule has 2 aromatic rings. The van der Waals surface area contributed by atoms with Gasteiger partial charge in [0, 0.05) is 24.2 Å². The molecule has 1 unspecified atom stereocenters. The monoisotopic (exact) mass is 415 g/mol. The molecule has 28 heavy (non-hydrogen) atoms. The van der Waals surface area contributed by atoms with E-state index in [1.807, 2.05) is 39.0 Å². The fraction of sp³-hybridized carbons (Fsp3) is 0.286. The van der Waals surface area contributed by atoms with Crippen LogP contribution in [0.15, 0.2) is 41.4 Å². The molecular weight excluding hydrogens is 394 g/mol. The molecule has 0 radical (unpaired) electrons. The summed E-state index contributed by atoms with van der Waals surface area (Å²) in [5, 5.41) is 3.59. The zero-order valence-corrected chi connectivity index (χ0v) is 17.8. The fourth-order valence-corrected chi connectivity index (χ4v) is 4.22. The molecule has 0 aliphatic carbocycles. The van der Waals surface area contributed by atoms with E-state index in [1.54, 1.807) is 25.2 Å². The second-order valence-corrected chi connectivity index (χ2v) is 8.48. The van der Waals surface area contributed by atoms with Crippen LogP contribution in [0.2, 0.25) is 5.02 Å². The number of anilines is 1. The van der Waals surface area contributed by atoms with E-state index in [0.29, 0.717) is 15.9 Å². The molecule has 2 aromatic carbocycles. The van der Waals surface area contributed by atoms with Gasteiger partial charge in [-0.15, -0.1) is 0 Å². The van der Waals surface area contributed by atoms with Gasteiger partial charge in [0.15, 0.2) is 5.17 Å². The number of carbonyl (C=O) groups is 2. The van der Waals surface area contributed by atoms with E-state index in [4.69, 9.17) is 11.6 Å². The molecule has 0 aromatic heterocycles. The van der Waals surface area contributed by atoms with Crippen LogP contribution in [0, 0.1) is 20.8 Å². The lowest BCUT2D eigenvalue weighted by Crippen LogP contribution is -2.30. The van der Waals surface area contributed by atoms with Crippen molar-refractivity contribution in [1.82, 2.24) is 4.90 Å². The number of nitrogens with zero attached hydrogens (tertiary/aromatic N) is 2. The third-order valence-electron chi connectivity index (χ3n) is 4.69. The quantitative estimate of drug-likeness (QED) is 0.775. The van der Waals surface area contributed by atoms with Crippen LogP contribution in [0.4, 0.5) is 11.4 Å². The maximum Gasteiger partial charge on any atom is 0.242 e. The molecule has 1 fully saturated rings. The molecule has 3 rings (SSSR count). The Morgan fingerprint density at radius 2 is 1.89 bits per heavy atom. The minimum Gasteiger partial charge on any atom is -0.326 e. The Hall–Kier alpha value is -2.31. The van der Waals surface area contributed by atoms with Crippen molar-refractivity contribution < 1.29 is 9.59 Å². The smallest absolute Gasteiger partial charge is 0.242 e. The lowest BCUT2D eigenvalue weighted by Gasteiger charge is -2.11. The molecule has 0 spiro atoms. The number of benzene rings is 2. The lowest BCUT2D eigenvalue weighted by molar-refractivity contribution is -0.127. The molecule has 146 valence electrons. The molecule has 1 aliphatic heterocycles. The summed E-state index contributed by atoms with van der Waals surface area (Å²) in [7, 11) is 1.69. The Balaban J connectivity index is 1.69. The Morgan fingerprint density at radius 1 is 1.14 bits per heavy atom. The number of hydrogen-bond donors (Lipinski definition) is 1. The number of amidine groups is 1. The van der Waals surface area contributed by atoms with Gasteiger partial charge in [-0.25, -0.2) is 4.99 Å². The first-order valence-corrected chi connectivity index (χ1v) is 10.2. The number of amides is 2. The van der Waals surface area contributed by atoms with Gasteiger partial charge in [0.05, 0.1) is 5.69 Å². The van der Waals surface area contributed by atoms with Gasteiger partial charge in [-0.2, -0.15) is 0 Å². The molecule has 0 saturated carbocycles. The zero-order valence-electron chi connectivity index (χ0n) is 16.2. The van der Waals surface area contributed by atoms with Crippen molar-refractivity contribution in [1.29, 1.82) is 0 Å². The third-order valence-corrected chi connectivity index (χ3v) is 6.15. The second kappa shape index (κ2) is 8.37. The van der Waals surface area contributed by atoms with E-state index >= 15 is 0 Å². The van der Waals surface area contributed by atoms with Crippen LogP contribution in [0.25, 0.3) is 0 Å². The Bertz CT molecular complexity index is 974. The van der Waals surface area contributed by atoms with Crippen molar-refractivity contribution in [3.63, 3.8) is 0 Å². The summed E-state index contributed by atoms with van der Waals surface area (Å²) in [4.78, 5) is 31.1. The predicted octanol–water partition coefficient (Wildman–Crippen LogP) is 4.86. The van der Waals surface area contributed by atoms with Crippen molar-refractivity contribution in [2.45, 2.75) is 32.4 Å². The maximum absolute atomic E-state index is 12.6. The van der Waals surface area contributed by atoms with Gasteiger partial charge in [-0.05, 0) is 67.8 Å². The van der Waals surface area contributed by atoms with Crippen LogP contribution in [0.5, 0.6) is 0 Å². The summed E-state index contributed by atoms with van der Waals surface area (Å²) < 4.78 is 0.